The number of methoxy groups -OCH3 is 1. The smallest absolute Gasteiger partial charge is 0.150 e. The van der Waals surface area contributed by atoms with Gasteiger partial charge in [0.15, 0.2) is 0 Å². The zero-order valence-corrected chi connectivity index (χ0v) is 13.9. The highest BCUT2D eigenvalue weighted by molar-refractivity contribution is 9.10. The van der Waals surface area contributed by atoms with E-state index < -0.39 is 0 Å². The summed E-state index contributed by atoms with van der Waals surface area (Å²) in [6, 6.07) is 10.9. The van der Waals surface area contributed by atoms with Crippen LogP contribution >= 0.6 is 31.9 Å². The van der Waals surface area contributed by atoms with Crippen molar-refractivity contribution in [3.63, 3.8) is 0 Å². The molecule has 0 saturated heterocycles. The van der Waals surface area contributed by atoms with Gasteiger partial charge in [0.25, 0.3) is 0 Å². The van der Waals surface area contributed by atoms with Crippen LogP contribution in [0.15, 0.2) is 45.3 Å². The Bertz CT molecular complexity index is 627. The number of benzene rings is 2. The van der Waals surface area contributed by atoms with E-state index in [2.05, 4.69) is 31.9 Å². The number of halogens is 2. The molecule has 3 nitrogen and oxygen atoms in total. The minimum atomic E-state index is 0.377. The fourth-order valence-electron chi connectivity index (χ4n) is 1.72. The number of rotatable bonds is 5. The Labute approximate surface area is 134 Å². The minimum absolute atomic E-state index is 0.377. The Hall–Kier alpha value is -1.33. The third-order valence-corrected chi connectivity index (χ3v) is 3.83. The zero-order chi connectivity index (χ0) is 14.5. The summed E-state index contributed by atoms with van der Waals surface area (Å²) < 4.78 is 12.8. The number of hydrogen-bond acceptors (Lipinski definition) is 3. The molecule has 2 rings (SSSR count). The number of carbonyl (C=O) groups is 1. The fourth-order valence-corrected chi connectivity index (χ4v) is 2.64. The molecule has 2 aromatic rings. The van der Waals surface area contributed by atoms with Crippen LogP contribution in [0.2, 0.25) is 0 Å². The molecular weight excluding hydrogens is 388 g/mol. The molecule has 0 atom stereocenters. The minimum Gasteiger partial charge on any atom is -0.496 e. The molecule has 0 unspecified atom stereocenters. The van der Waals surface area contributed by atoms with Crippen molar-refractivity contribution in [2.75, 3.05) is 7.11 Å². The van der Waals surface area contributed by atoms with E-state index in [0.717, 1.165) is 26.5 Å². The third-order valence-electron chi connectivity index (χ3n) is 2.72. The SMILES string of the molecule is COc1ccc(Br)cc1COc1ccc(C=O)cc1Br. The van der Waals surface area contributed by atoms with Crippen molar-refractivity contribution in [1.82, 2.24) is 0 Å². The van der Waals surface area contributed by atoms with Crippen molar-refractivity contribution in [1.29, 1.82) is 0 Å². The van der Waals surface area contributed by atoms with Gasteiger partial charge in [0.2, 0.25) is 0 Å². The van der Waals surface area contributed by atoms with Gasteiger partial charge in [-0.2, -0.15) is 0 Å². The van der Waals surface area contributed by atoms with Gasteiger partial charge >= 0.3 is 0 Å². The first-order valence-corrected chi connectivity index (χ1v) is 7.42. The predicted octanol–water partition coefficient (Wildman–Crippen LogP) is 4.61. The van der Waals surface area contributed by atoms with E-state index in [0.29, 0.717) is 17.9 Å². The van der Waals surface area contributed by atoms with Crippen molar-refractivity contribution in [2.45, 2.75) is 6.61 Å². The van der Waals surface area contributed by atoms with E-state index in [4.69, 9.17) is 9.47 Å². The molecule has 0 aliphatic heterocycles. The van der Waals surface area contributed by atoms with E-state index >= 15 is 0 Å². The summed E-state index contributed by atoms with van der Waals surface area (Å²) in [4.78, 5) is 10.7. The summed E-state index contributed by atoms with van der Waals surface area (Å²) in [6.07, 6.45) is 0.797. The summed E-state index contributed by atoms with van der Waals surface area (Å²) in [5, 5.41) is 0. The maximum atomic E-state index is 10.7. The monoisotopic (exact) mass is 398 g/mol. The molecule has 0 aliphatic rings. The first-order valence-electron chi connectivity index (χ1n) is 5.84. The van der Waals surface area contributed by atoms with Gasteiger partial charge < -0.3 is 9.47 Å². The van der Waals surface area contributed by atoms with Crippen LogP contribution in [0.3, 0.4) is 0 Å². The van der Waals surface area contributed by atoms with Gasteiger partial charge in [-0.15, -0.1) is 0 Å². The first-order chi connectivity index (χ1) is 9.63. The molecule has 0 heterocycles. The molecule has 0 fully saturated rings. The largest absolute Gasteiger partial charge is 0.496 e. The van der Waals surface area contributed by atoms with Crippen molar-refractivity contribution in [3.8, 4) is 11.5 Å². The van der Waals surface area contributed by atoms with Crippen molar-refractivity contribution in [3.05, 3.63) is 56.5 Å². The molecule has 20 heavy (non-hydrogen) atoms. The molecule has 5 heteroatoms. The summed E-state index contributed by atoms with van der Waals surface area (Å²) in [5.41, 5.74) is 1.54. The fraction of sp³-hybridized carbons (Fsp3) is 0.133. The summed E-state index contributed by atoms with van der Waals surface area (Å²) in [7, 11) is 1.63. The van der Waals surface area contributed by atoms with Crippen molar-refractivity contribution < 1.29 is 14.3 Å². The molecule has 0 radical (unpaired) electrons. The van der Waals surface area contributed by atoms with Gasteiger partial charge in [0.05, 0.1) is 11.6 Å². The van der Waals surface area contributed by atoms with Gasteiger partial charge in [-0.3, -0.25) is 4.79 Å². The molecule has 0 aliphatic carbocycles. The van der Waals surface area contributed by atoms with Crippen LogP contribution in [0.1, 0.15) is 15.9 Å². The predicted molar refractivity (Wildman–Crippen MR) is 84.6 cm³/mol. The van der Waals surface area contributed by atoms with Crippen molar-refractivity contribution in [2.24, 2.45) is 0 Å². The van der Waals surface area contributed by atoms with Crippen LogP contribution in [-0.2, 0) is 6.61 Å². The van der Waals surface area contributed by atoms with Crippen LogP contribution in [-0.4, -0.2) is 13.4 Å². The van der Waals surface area contributed by atoms with Crippen LogP contribution < -0.4 is 9.47 Å². The maximum Gasteiger partial charge on any atom is 0.150 e. The number of aldehydes is 1. The van der Waals surface area contributed by atoms with Gasteiger partial charge in [0, 0.05) is 15.6 Å². The van der Waals surface area contributed by atoms with Crippen LogP contribution in [0.5, 0.6) is 11.5 Å². The Balaban J connectivity index is 2.16. The highest BCUT2D eigenvalue weighted by Gasteiger charge is 2.07. The lowest BCUT2D eigenvalue weighted by Crippen LogP contribution is -1.99. The quantitative estimate of drug-likeness (QED) is 0.688. The Kier molecular flexibility index (Phi) is 5.20. The Morgan fingerprint density at radius 1 is 1.10 bits per heavy atom. The second-order valence-electron chi connectivity index (χ2n) is 4.05. The molecule has 104 valence electrons. The Morgan fingerprint density at radius 2 is 1.85 bits per heavy atom. The van der Waals surface area contributed by atoms with E-state index in [1.807, 2.05) is 18.2 Å². The van der Waals surface area contributed by atoms with Gasteiger partial charge in [-0.05, 0) is 52.3 Å². The number of ether oxygens (including phenoxy) is 2. The average molecular weight is 400 g/mol. The average Bonchev–Trinajstić information content (AvgIpc) is 2.46. The lowest BCUT2D eigenvalue weighted by Gasteiger charge is -2.12. The molecule has 0 amide bonds. The van der Waals surface area contributed by atoms with Crippen LogP contribution in [0.4, 0.5) is 0 Å². The normalized spacial score (nSPS) is 10.2. The topological polar surface area (TPSA) is 35.5 Å². The van der Waals surface area contributed by atoms with Gasteiger partial charge in [-0.25, -0.2) is 0 Å². The molecule has 0 saturated carbocycles. The van der Waals surface area contributed by atoms with E-state index in [9.17, 15) is 4.79 Å². The molecule has 0 bridgehead atoms. The van der Waals surface area contributed by atoms with Crippen LogP contribution in [0, 0.1) is 0 Å². The molecule has 0 spiro atoms. The molecule has 0 N–H and O–H groups in total. The summed E-state index contributed by atoms with van der Waals surface area (Å²) in [6.45, 7) is 0.377. The lowest BCUT2D eigenvalue weighted by atomic mass is 10.2. The van der Waals surface area contributed by atoms with E-state index in [1.54, 1.807) is 25.3 Å². The maximum absolute atomic E-state index is 10.7. The first kappa shape index (κ1) is 15.1. The van der Waals surface area contributed by atoms with Crippen molar-refractivity contribution >= 4 is 38.1 Å². The molecular formula is C15H12Br2O3. The summed E-state index contributed by atoms with van der Waals surface area (Å²) in [5.74, 6) is 1.45. The second-order valence-corrected chi connectivity index (χ2v) is 5.82. The highest BCUT2D eigenvalue weighted by atomic mass is 79.9. The standard InChI is InChI=1S/C15H12Br2O3/c1-19-14-5-3-12(16)7-11(14)9-20-15-4-2-10(8-18)6-13(15)17/h2-8H,9H2,1H3. The Morgan fingerprint density at radius 3 is 2.50 bits per heavy atom. The molecule has 0 aromatic heterocycles. The zero-order valence-electron chi connectivity index (χ0n) is 10.7. The van der Waals surface area contributed by atoms with Gasteiger partial charge in [-0.1, -0.05) is 15.9 Å². The highest BCUT2D eigenvalue weighted by Crippen LogP contribution is 2.29. The van der Waals surface area contributed by atoms with E-state index in [-0.39, 0.29) is 0 Å². The number of carbonyl (C=O) groups excluding carboxylic acids is 1. The van der Waals surface area contributed by atoms with E-state index in [1.165, 1.54) is 0 Å². The lowest BCUT2D eigenvalue weighted by molar-refractivity contribution is 0.112. The van der Waals surface area contributed by atoms with Crippen LogP contribution in [0.25, 0.3) is 0 Å². The molecule has 2 aromatic carbocycles. The summed E-state index contributed by atoms with van der Waals surface area (Å²) >= 11 is 6.81. The van der Waals surface area contributed by atoms with Gasteiger partial charge in [0.1, 0.15) is 24.4 Å². The third kappa shape index (κ3) is 3.61. The number of hydrogen-bond donors (Lipinski definition) is 0. The second kappa shape index (κ2) is 6.90.